The molecule has 3 N–H and O–H groups in total. The van der Waals surface area contributed by atoms with Gasteiger partial charge in [-0.25, -0.2) is 0 Å². The zero-order chi connectivity index (χ0) is 54.3. The van der Waals surface area contributed by atoms with Crippen LogP contribution in [-0.2, 0) is 14.3 Å². The normalized spacial score (nSPS) is 12.5. The third kappa shape index (κ3) is 61.7. The van der Waals surface area contributed by atoms with Crippen molar-refractivity contribution in [2.24, 2.45) is 0 Å². The molecule has 0 saturated carbocycles. The maximum Gasteiger partial charge on any atom is 0.305 e. The molecule has 0 fully saturated rings. The van der Waals surface area contributed by atoms with Gasteiger partial charge in [0.15, 0.2) is 0 Å². The van der Waals surface area contributed by atoms with Gasteiger partial charge >= 0.3 is 5.97 Å². The molecule has 0 aliphatic heterocycles. The highest BCUT2D eigenvalue weighted by molar-refractivity contribution is 5.76. The van der Waals surface area contributed by atoms with E-state index in [1.54, 1.807) is 0 Å². The van der Waals surface area contributed by atoms with Gasteiger partial charge in [0.05, 0.1) is 25.4 Å². The molecular formula is C69H135NO5. The second-order valence-corrected chi connectivity index (χ2v) is 23.9. The average molecular weight is 1060 g/mol. The van der Waals surface area contributed by atoms with Gasteiger partial charge in [0.1, 0.15) is 0 Å². The molecule has 2 unspecified atom stereocenters. The summed E-state index contributed by atoms with van der Waals surface area (Å²) in [5, 5.41) is 23.4. The minimum atomic E-state index is -0.671. The third-order valence-electron chi connectivity index (χ3n) is 16.3. The highest BCUT2D eigenvalue weighted by Crippen LogP contribution is 2.19. The lowest BCUT2D eigenvalue weighted by atomic mass is 10.0. The summed E-state index contributed by atoms with van der Waals surface area (Å²) in [7, 11) is 0. The number of nitrogens with one attached hydrogen (secondary N) is 1. The summed E-state index contributed by atoms with van der Waals surface area (Å²) in [6.45, 7) is 4.97. The van der Waals surface area contributed by atoms with Crippen LogP contribution in [-0.4, -0.2) is 47.4 Å². The largest absolute Gasteiger partial charge is 0.466 e. The van der Waals surface area contributed by atoms with E-state index in [2.05, 4.69) is 31.3 Å². The Morgan fingerprint density at radius 3 is 0.947 bits per heavy atom. The second kappa shape index (κ2) is 65.1. The number of esters is 1. The fraction of sp³-hybridized carbons (Fsp3) is 0.942. The van der Waals surface area contributed by atoms with Crippen molar-refractivity contribution in [2.75, 3.05) is 13.2 Å². The van der Waals surface area contributed by atoms with Gasteiger partial charge < -0.3 is 20.3 Å². The summed E-state index contributed by atoms with van der Waals surface area (Å²) in [4.78, 5) is 24.7. The predicted molar refractivity (Wildman–Crippen MR) is 329 cm³/mol. The molecule has 0 aromatic heterocycles. The summed E-state index contributed by atoms with van der Waals surface area (Å²) in [6, 6.07) is -0.549. The molecule has 0 radical (unpaired) electrons. The fourth-order valence-corrected chi connectivity index (χ4v) is 11.1. The molecule has 6 nitrogen and oxygen atoms in total. The van der Waals surface area contributed by atoms with Gasteiger partial charge in [0.25, 0.3) is 0 Å². The Kier molecular flexibility index (Phi) is 63.9. The molecule has 0 rings (SSSR count). The first-order chi connectivity index (χ1) is 37.0. The van der Waals surface area contributed by atoms with Crippen LogP contribution in [0.3, 0.4) is 0 Å². The highest BCUT2D eigenvalue weighted by atomic mass is 16.5. The van der Waals surface area contributed by atoms with E-state index in [4.69, 9.17) is 4.74 Å². The van der Waals surface area contributed by atoms with E-state index in [-0.39, 0.29) is 18.5 Å². The standard InChI is InChI=1S/C69H135NO5/c1-3-5-7-9-11-13-15-17-19-21-23-24-25-26-27-28-29-30-33-37-41-45-49-53-57-61-67(72)66(65-71)70-68(73)62-58-54-50-46-42-38-34-32-36-40-44-48-52-56-60-64-75-69(74)63-59-55-51-47-43-39-35-31-22-20-18-16-14-12-10-8-6-4-2/h20,22,66-67,71-72H,3-19,21,23-65H2,1-2H3,(H,70,73)/b22-20-. The van der Waals surface area contributed by atoms with Crippen molar-refractivity contribution in [3.05, 3.63) is 12.2 Å². The molecule has 0 bridgehead atoms. The molecule has 75 heavy (non-hydrogen) atoms. The van der Waals surface area contributed by atoms with Crippen LogP contribution in [0.25, 0.3) is 0 Å². The van der Waals surface area contributed by atoms with Crippen molar-refractivity contribution in [3.63, 3.8) is 0 Å². The summed E-state index contributed by atoms with van der Waals surface area (Å²) in [5.41, 5.74) is 0. The Morgan fingerprint density at radius 2 is 0.627 bits per heavy atom. The number of aliphatic hydroxyl groups excluding tert-OH is 2. The van der Waals surface area contributed by atoms with Gasteiger partial charge in [-0.3, -0.25) is 9.59 Å². The Bertz CT molecular complexity index is 1130. The van der Waals surface area contributed by atoms with Gasteiger partial charge in [-0.1, -0.05) is 341 Å². The highest BCUT2D eigenvalue weighted by Gasteiger charge is 2.20. The number of amides is 1. The lowest BCUT2D eigenvalue weighted by Crippen LogP contribution is -2.45. The maximum absolute atomic E-state index is 12.6. The number of aliphatic hydroxyl groups is 2. The summed E-state index contributed by atoms with van der Waals surface area (Å²) >= 11 is 0. The zero-order valence-electron chi connectivity index (χ0n) is 51.1. The van der Waals surface area contributed by atoms with E-state index in [9.17, 15) is 19.8 Å². The van der Waals surface area contributed by atoms with Crippen LogP contribution in [0.5, 0.6) is 0 Å². The Morgan fingerprint density at radius 1 is 0.360 bits per heavy atom. The SMILES string of the molecule is CCCCCCCCC/C=C\CCCCCCCCCC(=O)OCCCCCCCCCCCCCCCCCC(=O)NC(CO)C(O)CCCCCCCCCCCCCCCCCCCCCCCCCCC. The maximum atomic E-state index is 12.6. The minimum absolute atomic E-state index is 0.000527. The van der Waals surface area contributed by atoms with Crippen molar-refractivity contribution in [2.45, 2.75) is 405 Å². The van der Waals surface area contributed by atoms with Crippen LogP contribution in [0.4, 0.5) is 0 Å². The summed E-state index contributed by atoms with van der Waals surface area (Å²) in [5.74, 6) is -0.0389. The van der Waals surface area contributed by atoms with Crippen molar-refractivity contribution < 1.29 is 24.5 Å². The van der Waals surface area contributed by atoms with Crippen LogP contribution >= 0.6 is 0 Å². The number of rotatable bonds is 65. The second-order valence-electron chi connectivity index (χ2n) is 23.9. The van der Waals surface area contributed by atoms with Gasteiger partial charge in [-0.05, 0) is 51.4 Å². The number of ether oxygens (including phenoxy) is 1. The van der Waals surface area contributed by atoms with Crippen LogP contribution < -0.4 is 5.32 Å². The van der Waals surface area contributed by atoms with Crippen molar-refractivity contribution >= 4 is 11.9 Å². The van der Waals surface area contributed by atoms with E-state index in [1.807, 2.05) is 0 Å². The van der Waals surface area contributed by atoms with Crippen LogP contribution in [0.1, 0.15) is 393 Å². The fourth-order valence-electron chi connectivity index (χ4n) is 11.1. The van der Waals surface area contributed by atoms with E-state index in [1.165, 1.54) is 315 Å². The quantitative estimate of drug-likeness (QED) is 0.0320. The molecule has 0 heterocycles. The molecule has 0 aromatic carbocycles. The number of unbranched alkanes of at least 4 members (excludes halogenated alkanes) is 52. The molecule has 0 aromatic rings. The molecule has 0 saturated heterocycles. The smallest absolute Gasteiger partial charge is 0.305 e. The topological polar surface area (TPSA) is 95.9 Å². The third-order valence-corrected chi connectivity index (χ3v) is 16.3. The zero-order valence-corrected chi connectivity index (χ0v) is 51.1. The minimum Gasteiger partial charge on any atom is -0.466 e. The number of carbonyl (C=O) groups is 2. The Balaban J connectivity index is 3.41. The number of hydrogen-bond acceptors (Lipinski definition) is 5. The number of hydrogen-bond donors (Lipinski definition) is 3. The Hall–Kier alpha value is -1.40. The van der Waals surface area contributed by atoms with Gasteiger partial charge in [0.2, 0.25) is 5.91 Å². The van der Waals surface area contributed by atoms with E-state index in [0.717, 1.165) is 44.9 Å². The molecule has 0 spiro atoms. The van der Waals surface area contributed by atoms with Crippen LogP contribution in [0, 0.1) is 0 Å². The molecular weight excluding hydrogens is 923 g/mol. The van der Waals surface area contributed by atoms with Gasteiger partial charge in [0, 0.05) is 12.8 Å². The van der Waals surface area contributed by atoms with Crippen molar-refractivity contribution in [1.29, 1.82) is 0 Å². The van der Waals surface area contributed by atoms with Crippen molar-refractivity contribution in [1.82, 2.24) is 5.32 Å². The van der Waals surface area contributed by atoms with E-state index < -0.39 is 12.1 Å². The lowest BCUT2D eigenvalue weighted by molar-refractivity contribution is -0.143. The van der Waals surface area contributed by atoms with Crippen LogP contribution in [0.2, 0.25) is 0 Å². The first kappa shape index (κ1) is 73.6. The van der Waals surface area contributed by atoms with E-state index >= 15 is 0 Å². The Labute approximate surface area is 469 Å². The van der Waals surface area contributed by atoms with Crippen LogP contribution in [0.15, 0.2) is 12.2 Å². The number of allylic oxidation sites excluding steroid dienone is 2. The monoisotopic (exact) mass is 1060 g/mol. The average Bonchev–Trinajstić information content (AvgIpc) is 3.41. The van der Waals surface area contributed by atoms with Gasteiger partial charge in [-0.2, -0.15) is 0 Å². The van der Waals surface area contributed by atoms with Gasteiger partial charge in [-0.15, -0.1) is 0 Å². The summed E-state index contributed by atoms with van der Waals surface area (Å²) < 4.78 is 5.50. The molecule has 0 aliphatic rings. The van der Waals surface area contributed by atoms with E-state index in [0.29, 0.717) is 25.9 Å². The molecule has 1 amide bonds. The first-order valence-corrected chi connectivity index (χ1v) is 34.4. The molecule has 6 heteroatoms. The molecule has 0 aliphatic carbocycles. The summed E-state index contributed by atoms with van der Waals surface area (Å²) in [6.07, 6.45) is 79.5. The first-order valence-electron chi connectivity index (χ1n) is 34.4. The molecule has 446 valence electrons. The number of carbonyl (C=O) groups excluding carboxylic acids is 2. The predicted octanol–water partition coefficient (Wildman–Crippen LogP) is 22.0. The van der Waals surface area contributed by atoms with Crippen molar-refractivity contribution in [3.8, 4) is 0 Å². The molecule has 2 atom stereocenters. The lowest BCUT2D eigenvalue weighted by Gasteiger charge is -2.22.